The van der Waals surface area contributed by atoms with Gasteiger partial charge in [0.25, 0.3) is 11.8 Å². The van der Waals surface area contributed by atoms with E-state index in [1.54, 1.807) is 0 Å². The Labute approximate surface area is 127 Å². The Morgan fingerprint density at radius 3 is 2.05 bits per heavy atom. The quantitative estimate of drug-likeness (QED) is 0.264. The maximum absolute atomic E-state index is 13.2. The van der Waals surface area contributed by atoms with Gasteiger partial charge in [0.2, 0.25) is 0 Å². The van der Waals surface area contributed by atoms with E-state index in [-0.39, 0.29) is 17.9 Å². The summed E-state index contributed by atoms with van der Waals surface area (Å²) in [6.07, 6.45) is -9.99. The maximum Gasteiger partial charge on any atom is 0.394 e. The number of hydrogen-bond acceptors (Lipinski definition) is 3. The van der Waals surface area contributed by atoms with Crippen molar-refractivity contribution in [2.75, 3.05) is 18.1 Å². The number of rotatable bonds is 9. The zero-order valence-corrected chi connectivity index (χ0v) is 12.4. The van der Waals surface area contributed by atoms with Gasteiger partial charge in [-0.2, -0.15) is 24.9 Å². The third-order valence-electron chi connectivity index (χ3n) is 2.10. The van der Waals surface area contributed by atoms with Crippen molar-refractivity contribution in [3.63, 3.8) is 0 Å². The van der Waals surface area contributed by atoms with Gasteiger partial charge >= 0.3 is 12.1 Å². The molecule has 0 rings (SSSR count). The Hall–Kier alpha value is -0.930. The molecule has 0 unspecified atom stereocenters. The van der Waals surface area contributed by atoms with Crippen LogP contribution < -0.4 is 0 Å². The molecule has 0 atom stereocenters. The molecule has 130 valence electrons. The topological polar surface area (TPSA) is 26.3 Å². The van der Waals surface area contributed by atoms with Crippen molar-refractivity contribution >= 4 is 17.7 Å². The number of halogens is 7. The monoisotopic (exact) mass is 356 g/mol. The molecule has 0 amide bonds. The predicted molar refractivity (Wildman–Crippen MR) is 68.3 cm³/mol. The van der Waals surface area contributed by atoms with Crippen LogP contribution in [0.15, 0.2) is 12.2 Å². The zero-order chi connectivity index (χ0) is 17.6. The van der Waals surface area contributed by atoms with Crippen molar-refractivity contribution in [3.8, 4) is 0 Å². The summed E-state index contributed by atoms with van der Waals surface area (Å²) < 4.78 is 92.3. The maximum atomic E-state index is 13.2. The number of ether oxygens (including phenoxy) is 1. The number of hydrogen-bond donors (Lipinski definition) is 0. The number of carbonyl (C=O) groups excluding carboxylic acids is 1. The second kappa shape index (κ2) is 8.07. The molecule has 0 aromatic heterocycles. The second-order valence-electron chi connectivity index (χ2n) is 4.65. The summed E-state index contributed by atoms with van der Waals surface area (Å²) in [6, 6.07) is 0. The van der Waals surface area contributed by atoms with E-state index in [0.717, 1.165) is 0 Å². The molecule has 0 aliphatic carbocycles. The van der Waals surface area contributed by atoms with Gasteiger partial charge in [0.1, 0.15) is 13.0 Å². The second-order valence-corrected chi connectivity index (χ2v) is 5.75. The van der Waals surface area contributed by atoms with Gasteiger partial charge in [0.15, 0.2) is 0 Å². The highest BCUT2D eigenvalue weighted by Crippen LogP contribution is 2.39. The lowest BCUT2D eigenvalue weighted by Crippen LogP contribution is -2.35. The van der Waals surface area contributed by atoms with Gasteiger partial charge in [0.05, 0.1) is 12.2 Å². The summed E-state index contributed by atoms with van der Waals surface area (Å²) in [5.74, 6) is -10.4. The van der Waals surface area contributed by atoms with Gasteiger partial charge in [-0.05, 0) is 6.92 Å². The van der Waals surface area contributed by atoms with Crippen LogP contribution >= 0.6 is 11.8 Å². The molecule has 0 aromatic rings. The lowest BCUT2D eigenvalue weighted by Gasteiger charge is -2.23. The molecule has 0 N–H and O–H groups in total. The van der Waals surface area contributed by atoms with Gasteiger partial charge in [0, 0.05) is 11.3 Å². The fourth-order valence-corrected chi connectivity index (χ4v) is 2.07. The lowest BCUT2D eigenvalue weighted by atomic mass is 10.1. The lowest BCUT2D eigenvalue weighted by molar-refractivity contribution is -0.203. The van der Waals surface area contributed by atoms with Crippen molar-refractivity contribution in [2.45, 2.75) is 37.8 Å². The molecule has 0 spiro atoms. The van der Waals surface area contributed by atoms with E-state index < -0.39 is 42.6 Å². The highest BCUT2D eigenvalue weighted by atomic mass is 32.2. The fraction of sp³-hybridized carbons (Fsp3) is 0.750. The Kier molecular flexibility index (Phi) is 7.73. The molecule has 22 heavy (non-hydrogen) atoms. The minimum Gasteiger partial charge on any atom is -0.461 e. The third kappa shape index (κ3) is 10.7. The molecular weight excluding hydrogens is 341 g/mol. The molecule has 0 saturated heterocycles. The SMILES string of the molecule is C=C(C)C(=O)OCCSCC(F)(F)CC(F)(F)CC(F)(F)F. The molecule has 0 heterocycles. The summed E-state index contributed by atoms with van der Waals surface area (Å²) in [4.78, 5) is 10.9. The molecule has 0 fully saturated rings. The minimum absolute atomic E-state index is 0.0978. The Morgan fingerprint density at radius 1 is 1.05 bits per heavy atom. The van der Waals surface area contributed by atoms with Crippen molar-refractivity contribution in [3.05, 3.63) is 12.2 Å². The van der Waals surface area contributed by atoms with Crippen LogP contribution in [-0.4, -0.2) is 42.1 Å². The van der Waals surface area contributed by atoms with Crippen LogP contribution in [0.2, 0.25) is 0 Å². The molecule has 0 aliphatic heterocycles. The van der Waals surface area contributed by atoms with Gasteiger partial charge in [-0.25, -0.2) is 22.4 Å². The highest BCUT2D eigenvalue weighted by Gasteiger charge is 2.49. The molecular formula is C12H15F7O2S. The Morgan fingerprint density at radius 2 is 1.59 bits per heavy atom. The largest absolute Gasteiger partial charge is 0.461 e. The first-order chi connectivity index (χ1) is 9.74. The van der Waals surface area contributed by atoms with Crippen LogP contribution in [0, 0.1) is 0 Å². The zero-order valence-electron chi connectivity index (χ0n) is 11.6. The first-order valence-corrected chi connectivity index (χ1v) is 7.12. The van der Waals surface area contributed by atoms with Crippen LogP contribution in [0.25, 0.3) is 0 Å². The summed E-state index contributed by atoms with van der Waals surface area (Å²) in [7, 11) is 0. The molecule has 0 bridgehead atoms. The average Bonchev–Trinajstić information content (AvgIpc) is 2.22. The standard InChI is InChI=1S/C12H15F7O2S/c1-8(2)9(20)21-3-4-22-7-11(15,16)5-10(13,14)6-12(17,18)19/h1,3-7H2,2H3. The first kappa shape index (κ1) is 21.1. The first-order valence-electron chi connectivity index (χ1n) is 5.97. The summed E-state index contributed by atoms with van der Waals surface area (Å²) in [5.41, 5.74) is 0.113. The van der Waals surface area contributed by atoms with Crippen molar-refractivity contribution in [2.24, 2.45) is 0 Å². The third-order valence-corrected chi connectivity index (χ3v) is 3.18. The van der Waals surface area contributed by atoms with Crippen molar-refractivity contribution in [1.82, 2.24) is 0 Å². The van der Waals surface area contributed by atoms with Crippen LogP contribution in [0.3, 0.4) is 0 Å². The fourth-order valence-electron chi connectivity index (χ4n) is 1.32. The molecule has 0 aromatic carbocycles. The molecule has 10 heteroatoms. The summed E-state index contributed by atoms with van der Waals surface area (Å²) in [5, 5.41) is 0. The van der Waals surface area contributed by atoms with E-state index in [1.807, 2.05) is 0 Å². The minimum atomic E-state index is -5.22. The van der Waals surface area contributed by atoms with E-state index in [2.05, 4.69) is 11.3 Å². The molecule has 0 radical (unpaired) electrons. The van der Waals surface area contributed by atoms with Gasteiger partial charge < -0.3 is 4.74 Å². The number of thioether (sulfide) groups is 1. The van der Waals surface area contributed by atoms with E-state index in [4.69, 9.17) is 0 Å². The van der Waals surface area contributed by atoms with E-state index in [1.165, 1.54) is 6.92 Å². The van der Waals surface area contributed by atoms with Gasteiger partial charge in [-0.15, -0.1) is 0 Å². The van der Waals surface area contributed by atoms with Gasteiger partial charge in [-0.1, -0.05) is 6.58 Å². The van der Waals surface area contributed by atoms with Crippen LogP contribution in [0.1, 0.15) is 19.8 Å². The Balaban J connectivity index is 4.14. The van der Waals surface area contributed by atoms with Crippen molar-refractivity contribution in [1.29, 1.82) is 0 Å². The number of esters is 1. The molecule has 2 nitrogen and oxygen atoms in total. The van der Waals surface area contributed by atoms with E-state index in [9.17, 15) is 35.5 Å². The number of carbonyl (C=O) groups is 1. The average molecular weight is 356 g/mol. The summed E-state index contributed by atoms with van der Waals surface area (Å²) in [6.45, 7) is 4.44. The number of alkyl halides is 7. The van der Waals surface area contributed by atoms with Crippen molar-refractivity contribution < 1.29 is 40.3 Å². The molecule has 0 aliphatic rings. The Bertz CT molecular complexity index is 393. The summed E-state index contributed by atoms with van der Waals surface area (Å²) >= 11 is 0.501. The van der Waals surface area contributed by atoms with Gasteiger partial charge in [-0.3, -0.25) is 0 Å². The predicted octanol–water partition coefficient (Wildman–Crippen LogP) is 4.45. The van der Waals surface area contributed by atoms with E-state index in [0.29, 0.717) is 11.8 Å². The smallest absolute Gasteiger partial charge is 0.394 e. The van der Waals surface area contributed by atoms with Crippen LogP contribution in [0.5, 0.6) is 0 Å². The van der Waals surface area contributed by atoms with Crippen LogP contribution in [-0.2, 0) is 9.53 Å². The molecule has 0 saturated carbocycles. The highest BCUT2D eigenvalue weighted by molar-refractivity contribution is 7.99. The van der Waals surface area contributed by atoms with Crippen LogP contribution in [0.4, 0.5) is 30.7 Å². The van der Waals surface area contributed by atoms with E-state index >= 15 is 0 Å². The normalized spacial score (nSPS) is 13.1.